The zero-order valence-corrected chi connectivity index (χ0v) is 10.9. The smallest absolute Gasteiger partial charge is 0.348 e. The summed E-state index contributed by atoms with van der Waals surface area (Å²) in [6.45, 7) is 1.68. The van der Waals surface area contributed by atoms with Crippen molar-refractivity contribution in [2.45, 2.75) is 6.92 Å². The summed E-state index contributed by atoms with van der Waals surface area (Å²) in [6.07, 6.45) is 1.30. The highest BCUT2D eigenvalue weighted by Gasteiger charge is 2.09. The van der Waals surface area contributed by atoms with E-state index >= 15 is 0 Å². The van der Waals surface area contributed by atoms with E-state index in [9.17, 15) is 9.59 Å². The second-order valence-corrected chi connectivity index (χ2v) is 4.37. The number of nitrogens with one attached hydrogen (secondary N) is 1. The quantitative estimate of drug-likeness (QED) is 0.749. The number of hydrogen-bond acceptors (Lipinski definition) is 5. The number of ether oxygens (including phenoxy) is 1. The lowest BCUT2D eigenvalue weighted by Gasteiger charge is -2.07. The number of carboxylic acids is 1. The molecule has 0 aliphatic rings. The van der Waals surface area contributed by atoms with E-state index in [2.05, 4.69) is 15.2 Å². The predicted molar refractivity (Wildman–Crippen MR) is 71.8 cm³/mol. The number of aryl methyl sites for hydroxylation is 1. The van der Waals surface area contributed by atoms with Crippen LogP contribution in [-0.4, -0.2) is 30.7 Å². The number of carbonyl (C=O) groups is 1. The summed E-state index contributed by atoms with van der Waals surface area (Å²) in [5.41, 5.74) is 0.788. The molecule has 2 aromatic heterocycles. The number of hydrogen-bond donors (Lipinski definition) is 2. The molecule has 0 bridgehead atoms. The minimum Gasteiger partial charge on any atom is -0.478 e. The van der Waals surface area contributed by atoms with Gasteiger partial charge in [-0.25, -0.2) is 24.1 Å². The molecule has 0 aliphatic heterocycles. The largest absolute Gasteiger partial charge is 0.478 e. The number of fused-ring (bicyclic) bond motifs is 1. The fraction of sp³-hybridized carbons (Fsp3) is 0.0769. The fourth-order valence-electron chi connectivity index (χ4n) is 1.91. The lowest BCUT2D eigenvalue weighted by Crippen LogP contribution is -2.09. The van der Waals surface area contributed by atoms with Crippen LogP contribution in [0.15, 0.2) is 35.4 Å². The second-order valence-electron chi connectivity index (χ2n) is 4.37. The van der Waals surface area contributed by atoms with Crippen molar-refractivity contribution < 1.29 is 14.6 Å². The molecule has 0 aliphatic carbocycles. The Balaban J connectivity index is 1.92. The third-order valence-electron chi connectivity index (χ3n) is 2.94. The molecule has 0 amide bonds. The molecule has 1 aromatic carbocycles. The van der Waals surface area contributed by atoms with E-state index in [4.69, 9.17) is 9.84 Å². The summed E-state index contributed by atoms with van der Waals surface area (Å²) >= 11 is 0. The number of aromatic nitrogens is 4. The molecule has 0 saturated heterocycles. The van der Waals surface area contributed by atoms with Crippen LogP contribution in [0.2, 0.25) is 0 Å². The minimum atomic E-state index is -0.991. The van der Waals surface area contributed by atoms with Crippen molar-refractivity contribution in [3.05, 3.63) is 52.2 Å². The molecule has 2 N–H and O–H groups in total. The van der Waals surface area contributed by atoms with E-state index in [0.717, 1.165) is 0 Å². The van der Waals surface area contributed by atoms with E-state index in [1.54, 1.807) is 19.1 Å². The molecule has 3 aromatic rings. The third-order valence-corrected chi connectivity index (χ3v) is 2.94. The monoisotopic (exact) mass is 286 g/mol. The molecule has 8 nitrogen and oxygen atoms in total. The Morgan fingerprint density at radius 3 is 2.90 bits per heavy atom. The molecule has 106 valence electrons. The fourth-order valence-corrected chi connectivity index (χ4v) is 1.91. The summed E-state index contributed by atoms with van der Waals surface area (Å²) in [6, 6.07) is 6.11. The molecule has 3 rings (SSSR count). The van der Waals surface area contributed by atoms with Gasteiger partial charge in [-0.15, -0.1) is 0 Å². The van der Waals surface area contributed by atoms with E-state index in [1.807, 2.05) is 0 Å². The van der Waals surface area contributed by atoms with Gasteiger partial charge in [0.25, 0.3) is 0 Å². The molecule has 21 heavy (non-hydrogen) atoms. The maximum atomic E-state index is 11.3. The van der Waals surface area contributed by atoms with Crippen LogP contribution in [0.1, 0.15) is 15.9 Å². The van der Waals surface area contributed by atoms with Crippen molar-refractivity contribution in [3.63, 3.8) is 0 Å². The Kier molecular flexibility index (Phi) is 2.90. The number of H-pyrrole nitrogens is 1. The van der Waals surface area contributed by atoms with Gasteiger partial charge in [0.2, 0.25) is 5.88 Å². The van der Waals surface area contributed by atoms with Crippen LogP contribution in [0.3, 0.4) is 0 Å². The summed E-state index contributed by atoms with van der Waals surface area (Å²) in [4.78, 5) is 26.2. The van der Waals surface area contributed by atoms with Gasteiger partial charge in [-0.3, -0.25) is 0 Å². The number of rotatable bonds is 3. The molecular formula is C13H10N4O4. The van der Waals surface area contributed by atoms with Crippen molar-refractivity contribution in [3.8, 4) is 11.6 Å². The highest BCUT2D eigenvalue weighted by atomic mass is 16.5. The van der Waals surface area contributed by atoms with E-state index in [-0.39, 0.29) is 17.1 Å². The van der Waals surface area contributed by atoms with Crippen LogP contribution in [0, 0.1) is 6.92 Å². The highest BCUT2D eigenvalue weighted by Crippen LogP contribution is 2.22. The maximum Gasteiger partial charge on any atom is 0.348 e. The SMILES string of the molecule is Cc1cc(Oc2cc3n[nH]c(=O)n3cn2)ccc1C(=O)O. The summed E-state index contributed by atoms with van der Waals surface area (Å²) in [5, 5.41) is 15.1. The number of carboxylic acid groups (broad SMARTS) is 1. The van der Waals surface area contributed by atoms with Gasteiger partial charge in [-0.1, -0.05) is 0 Å². The molecular weight excluding hydrogens is 276 g/mol. The number of benzene rings is 1. The van der Waals surface area contributed by atoms with E-state index < -0.39 is 5.97 Å². The summed E-state index contributed by atoms with van der Waals surface area (Å²) in [7, 11) is 0. The van der Waals surface area contributed by atoms with Crippen molar-refractivity contribution in [1.82, 2.24) is 19.6 Å². The van der Waals surface area contributed by atoms with Gasteiger partial charge in [0, 0.05) is 6.07 Å². The first-order chi connectivity index (χ1) is 10.0. The Bertz CT molecular complexity index is 897. The average molecular weight is 286 g/mol. The first kappa shape index (κ1) is 12.9. The van der Waals surface area contributed by atoms with Gasteiger partial charge in [-0.2, -0.15) is 5.10 Å². The average Bonchev–Trinajstić information content (AvgIpc) is 2.80. The molecule has 0 saturated carbocycles. The molecule has 0 atom stereocenters. The molecule has 0 unspecified atom stereocenters. The lowest BCUT2D eigenvalue weighted by molar-refractivity contribution is 0.0696. The van der Waals surface area contributed by atoms with Crippen molar-refractivity contribution in [2.24, 2.45) is 0 Å². The molecule has 0 radical (unpaired) electrons. The maximum absolute atomic E-state index is 11.3. The normalized spacial score (nSPS) is 10.7. The summed E-state index contributed by atoms with van der Waals surface area (Å²) in [5.74, 6) is -0.286. The number of nitrogens with zero attached hydrogens (tertiary/aromatic N) is 3. The zero-order chi connectivity index (χ0) is 15.0. The molecule has 0 fully saturated rings. The first-order valence-electron chi connectivity index (χ1n) is 5.99. The van der Waals surface area contributed by atoms with Gasteiger partial charge in [0.15, 0.2) is 5.65 Å². The zero-order valence-electron chi connectivity index (χ0n) is 10.9. The first-order valence-corrected chi connectivity index (χ1v) is 5.99. The minimum absolute atomic E-state index is 0.213. The van der Waals surface area contributed by atoms with Crippen LogP contribution >= 0.6 is 0 Å². The van der Waals surface area contributed by atoms with Crippen molar-refractivity contribution in [2.75, 3.05) is 0 Å². The molecule has 2 heterocycles. The van der Waals surface area contributed by atoms with E-state index in [1.165, 1.54) is 22.9 Å². The Labute approximate surface area is 117 Å². The van der Waals surface area contributed by atoms with Crippen LogP contribution < -0.4 is 10.4 Å². The molecule has 8 heteroatoms. The topological polar surface area (TPSA) is 110 Å². The highest BCUT2D eigenvalue weighted by molar-refractivity contribution is 5.89. The second kappa shape index (κ2) is 4.75. The van der Waals surface area contributed by atoms with Gasteiger partial charge < -0.3 is 9.84 Å². The standard InChI is InChI=1S/C13H10N4O4/c1-7-4-8(2-3-9(7)12(18)19)21-11-5-10-15-16-13(20)17(10)6-14-11/h2-6H,1H3,(H,16,20)(H,18,19). The number of aromatic carboxylic acids is 1. The predicted octanol–water partition coefficient (Wildman–Crippen LogP) is 1.22. The Morgan fingerprint density at radius 1 is 1.38 bits per heavy atom. The molecule has 0 spiro atoms. The van der Waals surface area contributed by atoms with Gasteiger partial charge in [-0.05, 0) is 30.7 Å². The van der Waals surface area contributed by atoms with Gasteiger partial charge >= 0.3 is 11.7 Å². The van der Waals surface area contributed by atoms with Crippen molar-refractivity contribution >= 4 is 11.6 Å². The Hall–Kier alpha value is -3.16. The Morgan fingerprint density at radius 2 is 2.19 bits per heavy atom. The van der Waals surface area contributed by atoms with E-state index in [0.29, 0.717) is 17.0 Å². The van der Waals surface area contributed by atoms with Crippen LogP contribution in [0.4, 0.5) is 0 Å². The van der Waals surface area contributed by atoms with Crippen LogP contribution in [0.25, 0.3) is 5.65 Å². The van der Waals surface area contributed by atoms with Crippen LogP contribution in [0.5, 0.6) is 11.6 Å². The summed E-state index contributed by atoms with van der Waals surface area (Å²) < 4.78 is 6.78. The van der Waals surface area contributed by atoms with Crippen LogP contribution in [-0.2, 0) is 0 Å². The lowest BCUT2D eigenvalue weighted by atomic mass is 10.1. The van der Waals surface area contributed by atoms with Gasteiger partial charge in [0.05, 0.1) is 5.56 Å². The number of aromatic amines is 1. The van der Waals surface area contributed by atoms with Crippen molar-refractivity contribution in [1.29, 1.82) is 0 Å². The third kappa shape index (κ3) is 2.34. The van der Waals surface area contributed by atoms with Gasteiger partial charge in [0.1, 0.15) is 12.1 Å².